The van der Waals surface area contributed by atoms with E-state index < -0.39 is 0 Å². The number of imidazole rings is 1. The second-order valence-electron chi connectivity index (χ2n) is 3.63. The average Bonchev–Trinajstić information content (AvgIpc) is 3.09. The van der Waals surface area contributed by atoms with Crippen LogP contribution in [-0.2, 0) is 6.54 Å². The van der Waals surface area contributed by atoms with Gasteiger partial charge >= 0.3 is 0 Å². The van der Waals surface area contributed by atoms with E-state index in [4.69, 9.17) is 16.0 Å². The van der Waals surface area contributed by atoms with Crippen molar-refractivity contribution in [3.05, 3.63) is 48.2 Å². The van der Waals surface area contributed by atoms with Crippen LogP contribution >= 0.6 is 11.6 Å². The van der Waals surface area contributed by atoms with Gasteiger partial charge in [0.1, 0.15) is 12.1 Å². The standard InChI is InChI=1S/C11H9ClN6O/c12-9-15-10(14-6-8-2-1-5-19-8)17-11(16-9)18-4-3-13-7-18/h1-5,7H,6H2,(H,14,15,16,17). The summed E-state index contributed by atoms with van der Waals surface area (Å²) < 4.78 is 6.85. The first-order valence-electron chi connectivity index (χ1n) is 5.47. The summed E-state index contributed by atoms with van der Waals surface area (Å²) in [5.41, 5.74) is 0. The van der Waals surface area contributed by atoms with Gasteiger partial charge < -0.3 is 9.73 Å². The molecule has 1 N–H and O–H groups in total. The molecule has 0 radical (unpaired) electrons. The van der Waals surface area contributed by atoms with Gasteiger partial charge in [-0.2, -0.15) is 15.0 Å². The Morgan fingerprint density at radius 3 is 3.00 bits per heavy atom. The molecule has 8 heteroatoms. The Labute approximate surface area is 113 Å². The van der Waals surface area contributed by atoms with E-state index in [1.54, 1.807) is 29.6 Å². The van der Waals surface area contributed by atoms with E-state index in [1.165, 1.54) is 0 Å². The molecule has 0 bridgehead atoms. The van der Waals surface area contributed by atoms with Crippen molar-refractivity contribution in [2.24, 2.45) is 0 Å². The summed E-state index contributed by atoms with van der Waals surface area (Å²) >= 11 is 5.87. The van der Waals surface area contributed by atoms with Gasteiger partial charge in [0.05, 0.1) is 12.8 Å². The van der Waals surface area contributed by atoms with E-state index in [2.05, 4.69) is 25.3 Å². The second kappa shape index (κ2) is 5.07. The van der Waals surface area contributed by atoms with Crippen LogP contribution in [0.25, 0.3) is 5.95 Å². The summed E-state index contributed by atoms with van der Waals surface area (Å²) in [4.78, 5) is 16.2. The van der Waals surface area contributed by atoms with Gasteiger partial charge in [0.25, 0.3) is 0 Å². The molecule has 0 saturated heterocycles. The van der Waals surface area contributed by atoms with Crippen molar-refractivity contribution in [1.29, 1.82) is 0 Å². The zero-order chi connectivity index (χ0) is 13.1. The molecule has 7 nitrogen and oxygen atoms in total. The Hall–Kier alpha value is -2.41. The Morgan fingerprint density at radius 1 is 1.32 bits per heavy atom. The van der Waals surface area contributed by atoms with Crippen LogP contribution in [0.15, 0.2) is 41.5 Å². The molecule has 0 unspecified atom stereocenters. The largest absolute Gasteiger partial charge is 0.467 e. The lowest BCUT2D eigenvalue weighted by atomic mass is 10.4. The average molecular weight is 277 g/mol. The van der Waals surface area contributed by atoms with E-state index in [9.17, 15) is 0 Å². The molecule has 3 aromatic heterocycles. The smallest absolute Gasteiger partial charge is 0.241 e. The van der Waals surface area contributed by atoms with Crippen molar-refractivity contribution >= 4 is 17.5 Å². The van der Waals surface area contributed by atoms with E-state index in [1.807, 2.05) is 12.1 Å². The van der Waals surface area contributed by atoms with Crippen LogP contribution < -0.4 is 5.32 Å². The molecule has 3 heterocycles. The molecule has 96 valence electrons. The summed E-state index contributed by atoms with van der Waals surface area (Å²) in [5, 5.41) is 3.13. The van der Waals surface area contributed by atoms with Crippen molar-refractivity contribution in [2.45, 2.75) is 6.54 Å². The normalized spacial score (nSPS) is 10.6. The number of furan rings is 1. The van der Waals surface area contributed by atoms with Crippen molar-refractivity contribution < 1.29 is 4.42 Å². The highest BCUT2D eigenvalue weighted by atomic mass is 35.5. The van der Waals surface area contributed by atoms with Gasteiger partial charge in [-0.1, -0.05) is 0 Å². The van der Waals surface area contributed by atoms with Gasteiger partial charge in [0.2, 0.25) is 17.2 Å². The van der Waals surface area contributed by atoms with Gasteiger partial charge in [-0.3, -0.25) is 4.57 Å². The summed E-state index contributed by atoms with van der Waals surface area (Å²) in [5.74, 6) is 1.56. The Bertz CT molecular complexity index is 652. The van der Waals surface area contributed by atoms with Crippen LogP contribution in [0, 0.1) is 0 Å². The highest BCUT2D eigenvalue weighted by Crippen LogP contribution is 2.10. The van der Waals surface area contributed by atoms with Gasteiger partial charge in [-0.15, -0.1) is 0 Å². The SMILES string of the molecule is Clc1nc(NCc2ccco2)nc(-n2ccnc2)n1. The molecule has 19 heavy (non-hydrogen) atoms. The van der Waals surface area contributed by atoms with Gasteiger partial charge in [0.15, 0.2) is 0 Å². The molecule has 3 aromatic rings. The molecule has 0 amide bonds. The van der Waals surface area contributed by atoms with Crippen LogP contribution in [-0.4, -0.2) is 24.5 Å². The lowest BCUT2D eigenvalue weighted by Crippen LogP contribution is -2.08. The van der Waals surface area contributed by atoms with Crippen LogP contribution in [0.2, 0.25) is 5.28 Å². The summed E-state index contributed by atoms with van der Waals surface area (Å²) in [6.45, 7) is 0.469. The monoisotopic (exact) mass is 276 g/mol. The highest BCUT2D eigenvalue weighted by Gasteiger charge is 2.06. The number of nitrogens with one attached hydrogen (secondary N) is 1. The van der Waals surface area contributed by atoms with E-state index >= 15 is 0 Å². The minimum Gasteiger partial charge on any atom is -0.467 e. The lowest BCUT2D eigenvalue weighted by molar-refractivity contribution is 0.517. The molecular formula is C11H9ClN6O. The first-order chi connectivity index (χ1) is 9.31. The third kappa shape index (κ3) is 2.71. The lowest BCUT2D eigenvalue weighted by Gasteiger charge is -2.05. The maximum atomic E-state index is 5.87. The molecule has 0 spiro atoms. The Morgan fingerprint density at radius 2 is 2.26 bits per heavy atom. The van der Waals surface area contributed by atoms with E-state index in [0.29, 0.717) is 18.4 Å². The quantitative estimate of drug-likeness (QED) is 0.784. The number of halogens is 1. The number of hydrogen-bond acceptors (Lipinski definition) is 6. The molecule has 0 atom stereocenters. The topological polar surface area (TPSA) is 81.7 Å². The van der Waals surface area contributed by atoms with Crippen molar-refractivity contribution in [2.75, 3.05) is 5.32 Å². The first kappa shape index (κ1) is 11.7. The fourth-order valence-corrected chi connectivity index (χ4v) is 1.65. The van der Waals surface area contributed by atoms with Crippen LogP contribution in [0.5, 0.6) is 0 Å². The van der Waals surface area contributed by atoms with Crippen LogP contribution in [0.3, 0.4) is 0 Å². The zero-order valence-corrected chi connectivity index (χ0v) is 10.4. The maximum absolute atomic E-state index is 5.87. The molecular weight excluding hydrogens is 268 g/mol. The third-order valence-corrected chi connectivity index (χ3v) is 2.50. The molecule has 0 aliphatic carbocycles. The number of aromatic nitrogens is 5. The predicted molar refractivity (Wildman–Crippen MR) is 68.0 cm³/mol. The van der Waals surface area contributed by atoms with Crippen LogP contribution in [0.1, 0.15) is 5.76 Å². The van der Waals surface area contributed by atoms with Crippen LogP contribution in [0.4, 0.5) is 5.95 Å². The van der Waals surface area contributed by atoms with Gasteiger partial charge in [-0.05, 0) is 23.7 Å². The Balaban J connectivity index is 1.82. The number of hydrogen-bond donors (Lipinski definition) is 1. The molecule has 0 aliphatic heterocycles. The molecule has 0 aliphatic rings. The minimum absolute atomic E-state index is 0.112. The summed E-state index contributed by atoms with van der Waals surface area (Å²) in [6.07, 6.45) is 6.55. The number of anilines is 1. The second-order valence-corrected chi connectivity index (χ2v) is 3.97. The molecule has 0 aromatic carbocycles. The third-order valence-electron chi connectivity index (χ3n) is 2.33. The predicted octanol–water partition coefficient (Wildman–Crippen LogP) is 1.92. The minimum atomic E-state index is 0.112. The zero-order valence-electron chi connectivity index (χ0n) is 9.69. The fourth-order valence-electron chi connectivity index (χ4n) is 1.49. The first-order valence-corrected chi connectivity index (χ1v) is 5.85. The molecule has 3 rings (SSSR count). The van der Waals surface area contributed by atoms with E-state index in [0.717, 1.165) is 5.76 Å². The Kier molecular flexibility index (Phi) is 3.11. The molecule has 0 fully saturated rings. The fraction of sp³-hybridized carbons (Fsp3) is 0.0909. The van der Waals surface area contributed by atoms with E-state index in [-0.39, 0.29) is 5.28 Å². The number of nitrogens with zero attached hydrogens (tertiary/aromatic N) is 5. The van der Waals surface area contributed by atoms with Crippen molar-refractivity contribution in [3.8, 4) is 5.95 Å². The summed E-state index contributed by atoms with van der Waals surface area (Å²) in [7, 11) is 0. The highest BCUT2D eigenvalue weighted by molar-refractivity contribution is 6.28. The maximum Gasteiger partial charge on any atom is 0.241 e. The van der Waals surface area contributed by atoms with Gasteiger partial charge in [0, 0.05) is 12.4 Å². The van der Waals surface area contributed by atoms with Crippen molar-refractivity contribution in [1.82, 2.24) is 24.5 Å². The van der Waals surface area contributed by atoms with Gasteiger partial charge in [-0.25, -0.2) is 4.98 Å². The van der Waals surface area contributed by atoms with Crippen molar-refractivity contribution in [3.63, 3.8) is 0 Å². The summed E-state index contributed by atoms with van der Waals surface area (Å²) in [6, 6.07) is 3.67. The molecule has 0 saturated carbocycles. The number of rotatable bonds is 4.